The third kappa shape index (κ3) is 4.48. The molecule has 1 saturated heterocycles. The topological polar surface area (TPSA) is 63.3 Å². The maximum absolute atomic E-state index is 13.0. The second kappa shape index (κ2) is 9.58. The Bertz CT molecular complexity index is 927. The van der Waals surface area contributed by atoms with Crippen molar-refractivity contribution in [3.63, 3.8) is 0 Å². The lowest BCUT2D eigenvalue weighted by molar-refractivity contribution is 0.0162. The summed E-state index contributed by atoms with van der Waals surface area (Å²) in [5, 5.41) is 3.13. The third-order valence-corrected chi connectivity index (χ3v) is 6.21. The summed E-state index contributed by atoms with van der Waals surface area (Å²) in [5.74, 6) is 0.823. The van der Waals surface area contributed by atoms with Gasteiger partial charge in [-0.25, -0.2) is 0 Å². The van der Waals surface area contributed by atoms with Gasteiger partial charge in [-0.1, -0.05) is 18.2 Å². The number of rotatable bonds is 7. The van der Waals surface area contributed by atoms with Crippen LogP contribution in [-0.2, 0) is 11.2 Å². The van der Waals surface area contributed by atoms with Gasteiger partial charge in [0, 0.05) is 38.9 Å². The SMILES string of the molecule is COc1cccc(C(=O)NC[C@@H](c2ccc3c(c2)CCN3C)N2CCOCC2)c1OC. The van der Waals surface area contributed by atoms with Crippen LogP contribution >= 0.6 is 0 Å². The summed E-state index contributed by atoms with van der Waals surface area (Å²) in [6, 6.07) is 12.1. The molecule has 1 fully saturated rings. The molecule has 2 aliphatic heterocycles. The second-order valence-electron chi connectivity index (χ2n) is 7.97. The Kier molecular flexibility index (Phi) is 6.63. The maximum Gasteiger partial charge on any atom is 0.255 e. The van der Waals surface area contributed by atoms with Crippen LogP contribution in [0.25, 0.3) is 0 Å². The van der Waals surface area contributed by atoms with Crippen molar-refractivity contribution in [1.82, 2.24) is 10.2 Å². The summed E-state index contributed by atoms with van der Waals surface area (Å²) >= 11 is 0. The number of hydrogen-bond donors (Lipinski definition) is 1. The lowest BCUT2D eigenvalue weighted by Crippen LogP contribution is -2.43. The number of anilines is 1. The molecule has 0 saturated carbocycles. The average molecular weight is 426 g/mol. The minimum Gasteiger partial charge on any atom is -0.493 e. The predicted octanol–water partition coefficient (Wildman–Crippen LogP) is 2.50. The van der Waals surface area contributed by atoms with Crippen molar-refractivity contribution >= 4 is 11.6 Å². The average Bonchev–Trinajstić information content (AvgIpc) is 3.19. The Morgan fingerprint density at radius 1 is 1.13 bits per heavy atom. The van der Waals surface area contributed by atoms with Gasteiger partial charge in [-0.2, -0.15) is 0 Å². The van der Waals surface area contributed by atoms with Gasteiger partial charge in [0.15, 0.2) is 11.5 Å². The van der Waals surface area contributed by atoms with Crippen LogP contribution in [0.5, 0.6) is 11.5 Å². The number of nitrogens with zero attached hydrogens (tertiary/aromatic N) is 2. The van der Waals surface area contributed by atoms with Crippen LogP contribution in [0.1, 0.15) is 27.5 Å². The highest BCUT2D eigenvalue weighted by Crippen LogP contribution is 2.32. The summed E-state index contributed by atoms with van der Waals surface area (Å²) in [6.07, 6.45) is 1.06. The van der Waals surface area contributed by atoms with Crippen LogP contribution in [0.2, 0.25) is 0 Å². The number of carbonyl (C=O) groups excluding carboxylic acids is 1. The fraction of sp³-hybridized carbons (Fsp3) is 0.458. The van der Waals surface area contributed by atoms with Crippen LogP contribution in [0.4, 0.5) is 5.69 Å². The first-order valence-corrected chi connectivity index (χ1v) is 10.8. The van der Waals surface area contributed by atoms with Gasteiger partial charge in [0.25, 0.3) is 5.91 Å². The minimum absolute atomic E-state index is 0.0839. The van der Waals surface area contributed by atoms with E-state index in [0.29, 0.717) is 36.8 Å². The Morgan fingerprint density at radius 3 is 2.68 bits per heavy atom. The normalized spacial score (nSPS) is 17.2. The molecule has 7 heteroatoms. The van der Waals surface area contributed by atoms with Gasteiger partial charge in [0.05, 0.1) is 39.0 Å². The predicted molar refractivity (Wildman–Crippen MR) is 120 cm³/mol. The van der Waals surface area contributed by atoms with E-state index in [2.05, 4.69) is 40.4 Å². The number of nitrogens with one attached hydrogen (secondary N) is 1. The van der Waals surface area contributed by atoms with Crippen molar-refractivity contribution in [1.29, 1.82) is 0 Å². The number of hydrogen-bond acceptors (Lipinski definition) is 6. The van der Waals surface area contributed by atoms with Crippen molar-refractivity contribution in [3.8, 4) is 11.5 Å². The molecule has 7 nitrogen and oxygen atoms in total. The molecule has 1 atom stereocenters. The molecule has 0 aliphatic carbocycles. The van der Waals surface area contributed by atoms with Crippen LogP contribution in [-0.4, -0.2) is 71.5 Å². The van der Waals surface area contributed by atoms with E-state index in [1.165, 1.54) is 16.8 Å². The molecule has 0 aromatic heterocycles. The highest BCUT2D eigenvalue weighted by molar-refractivity contribution is 5.97. The zero-order valence-corrected chi connectivity index (χ0v) is 18.5. The largest absolute Gasteiger partial charge is 0.493 e. The quantitative estimate of drug-likeness (QED) is 0.736. The molecule has 1 amide bonds. The van der Waals surface area contributed by atoms with E-state index >= 15 is 0 Å². The van der Waals surface area contributed by atoms with Crippen molar-refractivity contribution in [3.05, 3.63) is 53.1 Å². The molecule has 2 aromatic rings. The van der Waals surface area contributed by atoms with E-state index < -0.39 is 0 Å². The molecule has 0 radical (unpaired) electrons. The molecule has 0 spiro atoms. The summed E-state index contributed by atoms with van der Waals surface area (Å²) in [6.45, 7) is 4.67. The monoisotopic (exact) mass is 425 g/mol. The van der Waals surface area contributed by atoms with E-state index in [0.717, 1.165) is 26.1 Å². The number of benzene rings is 2. The number of para-hydroxylation sites is 1. The summed E-state index contributed by atoms with van der Waals surface area (Å²) < 4.78 is 16.3. The lowest BCUT2D eigenvalue weighted by Gasteiger charge is -2.35. The van der Waals surface area contributed by atoms with Crippen molar-refractivity contribution < 1.29 is 19.0 Å². The zero-order valence-electron chi connectivity index (χ0n) is 18.5. The lowest BCUT2D eigenvalue weighted by atomic mass is 10.00. The van der Waals surface area contributed by atoms with Crippen molar-refractivity contribution in [2.75, 3.05) is 65.6 Å². The second-order valence-corrected chi connectivity index (χ2v) is 7.97. The molecule has 1 N–H and O–H groups in total. The van der Waals surface area contributed by atoms with E-state index in [4.69, 9.17) is 14.2 Å². The summed E-state index contributed by atoms with van der Waals surface area (Å²) in [5.41, 5.74) is 4.38. The molecule has 4 rings (SSSR count). The fourth-order valence-corrected chi connectivity index (χ4v) is 4.49. The molecular weight excluding hydrogens is 394 g/mol. The van der Waals surface area contributed by atoms with Gasteiger partial charge in [-0.15, -0.1) is 0 Å². The number of fused-ring (bicyclic) bond motifs is 1. The highest BCUT2D eigenvalue weighted by atomic mass is 16.5. The molecular formula is C24H31N3O4. The smallest absolute Gasteiger partial charge is 0.255 e. The Hall–Kier alpha value is -2.77. The van der Waals surface area contributed by atoms with Gasteiger partial charge in [0.1, 0.15) is 0 Å². The first-order valence-electron chi connectivity index (χ1n) is 10.8. The molecule has 0 bridgehead atoms. The number of amides is 1. The van der Waals surface area contributed by atoms with E-state index in [1.54, 1.807) is 32.4 Å². The van der Waals surface area contributed by atoms with Gasteiger partial charge in [0.2, 0.25) is 0 Å². The molecule has 31 heavy (non-hydrogen) atoms. The molecule has 0 unspecified atom stereocenters. The Morgan fingerprint density at radius 2 is 1.94 bits per heavy atom. The van der Waals surface area contributed by atoms with Crippen molar-refractivity contribution in [2.45, 2.75) is 12.5 Å². The number of methoxy groups -OCH3 is 2. The van der Waals surface area contributed by atoms with Crippen LogP contribution < -0.4 is 19.7 Å². The van der Waals surface area contributed by atoms with Gasteiger partial charge < -0.3 is 24.4 Å². The van der Waals surface area contributed by atoms with E-state index in [-0.39, 0.29) is 11.9 Å². The summed E-state index contributed by atoms with van der Waals surface area (Å²) in [7, 11) is 5.25. The minimum atomic E-state index is -0.171. The first kappa shape index (κ1) is 21.5. The van der Waals surface area contributed by atoms with Gasteiger partial charge >= 0.3 is 0 Å². The van der Waals surface area contributed by atoms with E-state index in [1.807, 2.05) is 0 Å². The molecule has 166 valence electrons. The summed E-state index contributed by atoms with van der Waals surface area (Å²) in [4.78, 5) is 17.7. The van der Waals surface area contributed by atoms with Crippen LogP contribution in [0.3, 0.4) is 0 Å². The zero-order chi connectivity index (χ0) is 21.8. The standard InChI is InChI=1S/C24H31N3O4/c1-26-10-9-18-15-17(7-8-20(18)26)21(27-11-13-31-14-12-27)16-25-24(28)19-5-4-6-22(29-2)23(19)30-3/h4-8,15,21H,9-14,16H2,1-3H3,(H,25,28)/t21-/m0/s1. The molecule has 2 heterocycles. The van der Waals surface area contributed by atoms with Crippen LogP contribution in [0, 0.1) is 0 Å². The molecule has 2 aromatic carbocycles. The van der Waals surface area contributed by atoms with Gasteiger partial charge in [-0.05, 0) is 35.7 Å². The third-order valence-electron chi connectivity index (χ3n) is 6.21. The Labute approximate surface area is 183 Å². The number of ether oxygens (including phenoxy) is 3. The number of morpholine rings is 1. The highest BCUT2D eigenvalue weighted by Gasteiger charge is 2.26. The Balaban J connectivity index is 1.55. The van der Waals surface area contributed by atoms with Crippen molar-refractivity contribution in [2.24, 2.45) is 0 Å². The van der Waals surface area contributed by atoms with Crippen LogP contribution in [0.15, 0.2) is 36.4 Å². The first-order chi connectivity index (χ1) is 15.1. The molecule has 2 aliphatic rings. The van der Waals surface area contributed by atoms with E-state index in [9.17, 15) is 4.79 Å². The maximum atomic E-state index is 13.0. The van der Waals surface area contributed by atoms with Gasteiger partial charge in [-0.3, -0.25) is 9.69 Å². The number of likely N-dealkylation sites (N-methyl/N-ethyl adjacent to an activating group) is 1. The number of carbonyl (C=O) groups is 1. The fourth-order valence-electron chi connectivity index (χ4n) is 4.49.